The average molecular weight is 659 g/mol. The lowest BCUT2D eigenvalue weighted by molar-refractivity contribution is 0.501. The van der Waals surface area contributed by atoms with Gasteiger partial charge in [-0.1, -0.05) is 115 Å². The topological polar surface area (TPSA) is 75.0 Å². The van der Waals surface area contributed by atoms with E-state index in [9.17, 15) is 0 Å². The fourth-order valence-corrected chi connectivity index (χ4v) is 8.05. The van der Waals surface area contributed by atoms with Crippen LogP contribution in [0, 0.1) is 0 Å². The van der Waals surface area contributed by atoms with Gasteiger partial charge in [0.2, 0.25) is 0 Å². The molecule has 244 valence electrons. The van der Waals surface area contributed by atoms with Crippen LogP contribution >= 0.6 is 0 Å². The van der Waals surface area contributed by atoms with Crippen LogP contribution in [0.3, 0.4) is 0 Å². The Morgan fingerprint density at radius 2 is 1.08 bits per heavy atom. The van der Waals surface area contributed by atoms with Gasteiger partial charge in [0.25, 0.3) is 0 Å². The SMILES string of the molecule is N/C(=C\C(c1ccccc1)[C@@H](N)n1c2ccccc2c2cc3c(cc21)oc1cc2c4ccccc4n(-c4ccccc4)c2cc13)c1ccccc1. The molecule has 0 aliphatic carbocycles. The molecule has 51 heavy (non-hydrogen) atoms. The second-order valence-corrected chi connectivity index (χ2v) is 13.3. The normalized spacial score (nSPS) is 13.6. The van der Waals surface area contributed by atoms with Gasteiger partial charge in [0.15, 0.2) is 0 Å². The van der Waals surface area contributed by atoms with E-state index in [1.165, 1.54) is 10.9 Å². The molecule has 2 atom stereocenters. The van der Waals surface area contributed by atoms with Gasteiger partial charge in [-0.2, -0.15) is 0 Å². The molecule has 0 saturated carbocycles. The molecule has 0 amide bonds. The third kappa shape index (κ3) is 4.59. The van der Waals surface area contributed by atoms with Gasteiger partial charge in [-0.25, -0.2) is 0 Å². The van der Waals surface area contributed by atoms with Crippen molar-refractivity contribution in [3.8, 4) is 5.69 Å². The van der Waals surface area contributed by atoms with Crippen LogP contribution in [-0.2, 0) is 0 Å². The molecule has 3 aromatic heterocycles. The van der Waals surface area contributed by atoms with Gasteiger partial charge in [-0.3, -0.25) is 0 Å². The summed E-state index contributed by atoms with van der Waals surface area (Å²) >= 11 is 0. The Balaban J connectivity index is 1.21. The molecule has 0 saturated heterocycles. The molecule has 5 heteroatoms. The van der Waals surface area contributed by atoms with Gasteiger partial charge in [-0.05, 0) is 59.7 Å². The molecule has 10 aromatic rings. The number of benzene rings is 7. The van der Waals surface area contributed by atoms with Gasteiger partial charge in [0.05, 0.1) is 28.2 Å². The fourth-order valence-electron chi connectivity index (χ4n) is 8.05. The zero-order chi connectivity index (χ0) is 34.1. The zero-order valence-corrected chi connectivity index (χ0v) is 27.8. The summed E-state index contributed by atoms with van der Waals surface area (Å²) in [5.74, 6) is -0.205. The Morgan fingerprint density at radius 3 is 1.82 bits per heavy atom. The average Bonchev–Trinajstić information content (AvgIpc) is 3.82. The highest BCUT2D eigenvalue weighted by molar-refractivity contribution is 6.20. The molecule has 5 nitrogen and oxygen atoms in total. The zero-order valence-electron chi connectivity index (χ0n) is 27.8. The van der Waals surface area contributed by atoms with Crippen LogP contribution in [0.5, 0.6) is 0 Å². The minimum absolute atomic E-state index is 0.205. The number of nitrogens with zero attached hydrogens (tertiary/aromatic N) is 2. The summed E-state index contributed by atoms with van der Waals surface area (Å²) in [6, 6.07) is 57.1. The van der Waals surface area contributed by atoms with Crippen molar-refractivity contribution in [3.05, 3.63) is 181 Å². The van der Waals surface area contributed by atoms with Crippen LogP contribution < -0.4 is 11.5 Å². The molecular weight excluding hydrogens is 625 g/mol. The number of nitrogens with two attached hydrogens (primary N) is 2. The van der Waals surface area contributed by atoms with E-state index in [1.54, 1.807) is 0 Å². The lowest BCUT2D eigenvalue weighted by Crippen LogP contribution is -2.25. The van der Waals surface area contributed by atoms with Gasteiger partial charge < -0.3 is 25.0 Å². The number of fused-ring (bicyclic) bond motifs is 9. The lowest BCUT2D eigenvalue weighted by atomic mass is 9.93. The Labute approximate surface area is 294 Å². The lowest BCUT2D eigenvalue weighted by Gasteiger charge is -2.26. The highest BCUT2D eigenvalue weighted by atomic mass is 16.3. The van der Waals surface area contributed by atoms with Gasteiger partial charge >= 0.3 is 0 Å². The van der Waals surface area contributed by atoms with E-state index in [2.05, 4.69) is 143 Å². The van der Waals surface area contributed by atoms with E-state index < -0.39 is 6.17 Å². The van der Waals surface area contributed by atoms with Crippen LogP contribution in [0.4, 0.5) is 0 Å². The first-order valence-electron chi connectivity index (χ1n) is 17.3. The maximum atomic E-state index is 7.40. The third-order valence-electron chi connectivity index (χ3n) is 10.4. The maximum absolute atomic E-state index is 7.40. The molecule has 0 aliphatic rings. The van der Waals surface area contributed by atoms with Crippen LogP contribution in [0.15, 0.2) is 174 Å². The molecule has 7 aromatic carbocycles. The van der Waals surface area contributed by atoms with E-state index in [0.29, 0.717) is 5.70 Å². The van der Waals surface area contributed by atoms with Crippen molar-refractivity contribution in [2.45, 2.75) is 12.1 Å². The summed E-state index contributed by atoms with van der Waals surface area (Å²) in [6.45, 7) is 0. The molecule has 0 radical (unpaired) electrons. The fraction of sp³-hybridized carbons (Fsp3) is 0.0435. The number of furan rings is 1. The van der Waals surface area contributed by atoms with Crippen LogP contribution in [-0.4, -0.2) is 9.13 Å². The van der Waals surface area contributed by atoms with Crippen molar-refractivity contribution >= 4 is 71.2 Å². The molecule has 0 spiro atoms. The van der Waals surface area contributed by atoms with Gasteiger partial charge in [-0.15, -0.1) is 0 Å². The smallest absolute Gasteiger partial charge is 0.137 e. The van der Waals surface area contributed by atoms with Gasteiger partial charge in [0.1, 0.15) is 11.2 Å². The quantitative estimate of drug-likeness (QED) is 0.187. The molecular formula is C46H34N4O. The molecule has 4 N–H and O–H groups in total. The Morgan fingerprint density at radius 1 is 0.510 bits per heavy atom. The second-order valence-electron chi connectivity index (χ2n) is 13.3. The van der Waals surface area contributed by atoms with E-state index >= 15 is 0 Å². The van der Waals surface area contributed by atoms with Crippen molar-refractivity contribution in [1.82, 2.24) is 9.13 Å². The standard InChI is InChI=1S/C46H34N4O/c47-39(30-16-6-2-7-17-30)25-34(29-14-4-1-5-15-29)46(48)50-41-23-13-11-20-32(41)35-24-37-38-26-42-36(27-44(38)51-45(37)28-43(35)50)33-21-10-12-22-40(33)49(42)31-18-8-3-9-19-31/h1-28,34,46H,47-48H2/b39-25-/t34?,46-/m0/s1. The van der Waals surface area contributed by atoms with Gasteiger partial charge in [0, 0.05) is 55.7 Å². The number of aromatic nitrogens is 2. The monoisotopic (exact) mass is 658 g/mol. The highest BCUT2D eigenvalue weighted by Crippen LogP contribution is 2.43. The summed E-state index contributed by atoms with van der Waals surface area (Å²) in [5.41, 5.74) is 24.1. The number of para-hydroxylation sites is 3. The first-order chi connectivity index (χ1) is 25.1. The van der Waals surface area contributed by atoms with Crippen molar-refractivity contribution in [2.24, 2.45) is 11.5 Å². The van der Waals surface area contributed by atoms with E-state index in [0.717, 1.165) is 71.5 Å². The largest absolute Gasteiger partial charge is 0.456 e. The van der Waals surface area contributed by atoms with E-state index in [1.807, 2.05) is 36.4 Å². The summed E-state index contributed by atoms with van der Waals surface area (Å²) in [5, 5.41) is 6.80. The predicted octanol–water partition coefficient (Wildman–Crippen LogP) is 11.0. The van der Waals surface area contributed by atoms with Crippen molar-refractivity contribution in [3.63, 3.8) is 0 Å². The van der Waals surface area contributed by atoms with Crippen LogP contribution in [0.25, 0.3) is 76.9 Å². The number of rotatable bonds is 6. The first kappa shape index (κ1) is 29.4. The van der Waals surface area contributed by atoms with Crippen molar-refractivity contribution in [2.75, 3.05) is 0 Å². The molecule has 1 unspecified atom stereocenters. The summed E-state index contributed by atoms with van der Waals surface area (Å²) in [6.07, 6.45) is 1.65. The molecule has 3 heterocycles. The Kier molecular flexibility index (Phi) is 6.63. The van der Waals surface area contributed by atoms with Crippen LogP contribution in [0.1, 0.15) is 23.2 Å². The molecule has 0 fully saturated rings. The first-order valence-corrected chi connectivity index (χ1v) is 17.3. The number of hydrogen-bond donors (Lipinski definition) is 2. The Bertz CT molecular complexity index is 2930. The van der Waals surface area contributed by atoms with Crippen molar-refractivity contribution < 1.29 is 4.42 Å². The van der Waals surface area contributed by atoms with Crippen LogP contribution in [0.2, 0.25) is 0 Å². The minimum Gasteiger partial charge on any atom is -0.456 e. The van der Waals surface area contributed by atoms with Crippen molar-refractivity contribution in [1.29, 1.82) is 0 Å². The molecule has 0 bridgehead atoms. The van der Waals surface area contributed by atoms with E-state index in [4.69, 9.17) is 15.9 Å². The summed E-state index contributed by atoms with van der Waals surface area (Å²) in [4.78, 5) is 0. The summed E-state index contributed by atoms with van der Waals surface area (Å²) in [7, 11) is 0. The third-order valence-corrected chi connectivity index (χ3v) is 10.4. The maximum Gasteiger partial charge on any atom is 0.137 e. The molecule has 10 rings (SSSR count). The molecule has 0 aliphatic heterocycles. The summed E-state index contributed by atoms with van der Waals surface area (Å²) < 4.78 is 11.3. The minimum atomic E-state index is -0.460. The number of hydrogen-bond acceptors (Lipinski definition) is 3. The Hall–Kier alpha value is -6.56. The van der Waals surface area contributed by atoms with E-state index in [-0.39, 0.29) is 5.92 Å². The highest BCUT2D eigenvalue weighted by Gasteiger charge is 2.25. The predicted molar refractivity (Wildman–Crippen MR) is 212 cm³/mol. The second kappa shape index (κ2) is 11.5.